The number of ketones is 1. The first-order valence-corrected chi connectivity index (χ1v) is 17.7. The van der Waals surface area contributed by atoms with Gasteiger partial charge in [-0.15, -0.1) is 40.5 Å². The summed E-state index contributed by atoms with van der Waals surface area (Å²) in [4.78, 5) is 22.8. The molecule has 1 radical (unpaired) electrons. The number of aryl methyl sites for hydroxylation is 2. The zero-order valence-electron chi connectivity index (χ0n) is 28.7. The Bertz CT molecular complexity index is 1880. The Morgan fingerprint density at radius 2 is 1.60 bits per heavy atom. The van der Waals surface area contributed by atoms with Gasteiger partial charge in [-0.25, -0.2) is 0 Å². The number of pyridine rings is 2. The number of fused-ring (bicyclic) bond motifs is 6. The number of carbonyl (C=O) groups is 1. The quantitative estimate of drug-likeness (QED) is 0.0962. The standard InChI is InChI=1S/C28H23N2S.C13H24O2.Ir/c1-28(2,3)21-16-19(15-18-7-4-5-9-20(18)21)27-25-23(12-14-30-27)31-22-11-10-17-8-6-13-29-26(17)24(22)25;1-5-10(6-2)12(14)9-13(15)11(7-3)8-4;/h4-9,12-14,16H,10-11H2,1-3H3;9-11,14H,5-8H2,1-4H3;/q-1;;/b;12-9-;. The van der Waals surface area contributed by atoms with Crippen molar-refractivity contribution in [3.8, 4) is 22.5 Å². The van der Waals surface area contributed by atoms with Gasteiger partial charge in [0.15, 0.2) is 5.78 Å². The third kappa shape index (κ3) is 7.77. The predicted molar refractivity (Wildman–Crippen MR) is 195 cm³/mol. The Kier molecular flexibility index (Phi) is 12.3. The molecule has 2 aromatic carbocycles. The number of carbonyl (C=O) groups excluding carboxylic acids is 1. The van der Waals surface area contributed by atoms with E-state index < -0.39 is 0 Å². The van der Waals surface area contributed by atoms with Crippen LogP contribution in [0.15, 0.2) is 72.8 Å². The summed E-state index contributed by atoms with van der Waals surface area (Å²) in [6.45, 7) is 14.9. The summed E-state index contributed by atoms with van der Waals surface area (Å²) in [6, 6.07) is 21.0. The van der Waals surface area contributed by atoms with Crippen LogP contribution >= 0.6 is 11.3 Å². The fraction of sp³-hybridized carbons (Fsp3) is 0.390. The number of aliphatic hydroxyl groups is 1. The first-order valence-electron chi connectivity index (χ1n) is 16.9. The molecular weight excluding hydrogens is 777 g/mol. The number of benzene rings is 2. The number of hydrogen-bond donors (Lipinski definition) is 1. The SMILES string of the molecule is CC(C)(C)c1cc(-c2nccc3sc4c(c23)-c2ncccc2CC4)[c-]c2ccccc12.CCC(CC)C(=O)/C=C(\O)C(CC)CC.[Ir]. The maximum atomic E-state index is 11.7. The normalized spacial score (nSPS) is 12.8. The number of aliphatic hydroxyl groups excluding tert-OH is 1. The molecular formula is C41H47IrN2O2S-. The van der Waals surface area contributed by atoms with Crippen LogP contribution in [-0.4, -0.2) is 20.9 Å². The Morgan fingerprint density at radius 3 is 2.28 bits per heavy atom. The third-order valence-electron chi connectivity index (χ3n) is 9.34. The molecule has 0 unspecified atom stereocenters. The molecule has 6 rings (SSSR count). The molecule has 1 aliphatic carbocycles. The molecule has 0 amide bonds. The molecule has 3 aromatic heterocycles. The third-order valence-corrected chi connectivity index (χ3v) is 10.6. The van der Waals surface area contributed by atoms with Crippen molar-refractivity contribution in [1.29, 1.82) is 0 Å². The van der Waals surface area contributed by atoms with Crippen LogP contribution in [0.5, 0.6) is 0 Å². The van der Waals surface area contributed by atoms with Crippen molar-refractivity contribution < 1.29 is 30.0 Å². The van der Waals surface area contributed by atoms with Gasteiger partial charge in [-0.3, -0.25) is 14.8 Å². The summed E-state index contributed by atoms with van der Waals surface area (Å²) in [5, 5.41) is 13.4. The zero-order chi connectivity index (χ0) is 33.0. The molecule has 3 heterocycles. The van der Waals surface area contributed by atoms with Gasteiger partial charge in [-0.2, -0.15) is 0 Å². The molecule has 47 heavy (non-hydrogen) atoms. The van der Waals surface area contributed by atoms with Crippen molar-refractivity contribution in [1.82, 2.24) is 9.97 Å². The zero-order valence-corrected chi connectivity index (χ0v) is 32.0. The van der Waals surface area contributed by atoms with E-state index in [4.69, 9.17) is 9.97 Å². The molecule has 0 bridgehead atoms. The van der Waals surface area contributed by atoms with Crippen molar-refractivity contribution >= 4 is 38.0 Å². The van der Waals surface area contributed by atoms with E-state index in [0.717, 1.165) is 60.9 Å². The molecule has 0 saturated heterocycles. The molecule has 0 aliphatic heterocycles. The Labute approximate surface area is 298 Å². The van der Waals surface area contributed by atoms with E-state index in [1.807, 2.05) is 57.5 Å². The molecule has 1 aliphatic rings. The fourth-order valence-electron chi connectivity index (χ4n) is 6.60. The molecule has 0 atom stereocenters. The first kappa shape index (κ1) is 36.7. The molecule has 249 valence electrons. The van der Waals surface area contributed by atoms with Crippen LogP contribution < -0.4 is 0 Å². The van der Waals surface area contributed by atoms with Crippen molar-refractivity contribution in [3.63, 3.8) is 0 Å². The van der Waals surface area contributed by atoms with Gasteiger partial charge in [-0.1, -0.05) is 83.7 Å². The number of hydrogen-bond acceptors (Lipinski definition) is 5. The maximum absolute atomic E-state index is 11.7. The van der Waals surface area contributed by atoms with Crippen molar-refractivity contribution in [3.05, 3.63) is 94.8 Å². The second-order valence-electron chi connectivity index (χ2n) is 13.3. The van der Waals surface area contributed by atoms with Crippen LogP contribution in [-0.2, 0) is 43.2 Å². The number of aromatic nitrogens is 2. The van der Waals surface area contributed by atoms with Crippen LogP contribution in [0.1, 0.15) is 90.2 Å². The van der Waals surface area contributed by atoms with E-state index in [9.17, 15) is 9.90 Å². The van der Waals surface area contributed by atoms with Crippen molar-refractivity contribution in [2.45, 2.75) is 92.4 Å². The minimum absolute atomic E-state index is 0. The average Bonchev–Trinajstić information content (AvgIpc) is 3.45. The van der Waals surface area contributed by atoms with Gasteiger partial charge in [-0.05, 0) is 67.0 Å². The largest absolute Gasteiger partial charge is 0.512 e. The summed E-state index contributed by atoms with van der Waals surface area (Å²) in [6.07, 6.45) is 10.9. The van der Waals surface area contributed by atoms with Crippen LogP contribution in [0.2, 0.25) is 0 Å². The molecule has 1 N–H and O–H groups in total. The number of rotatable bonds is 8. The Morgan fingerprint density at radius 1 is 0.915 bits per heavy atom. The van der Waals surface area contributed by atoms with Crippen LogP contribution in [0.25, 0.3) is 43.4 Å². The maximum Gasteiger partial charge on any atom is 0.162 e. The number of allylic oxidation sites excluding steroid dienone is 2. The van der Waals surface area contributed by atoms with Gasteiger partial charge in [0.1, 0.15) is 0 Å². The first-order chi connectivity index (χ1) is 22.1. The van der Waals surface area contributed by atoms with Gasteiger partial charge in [0.25, 0.3) is 0 Å². The summed E-state index contributed by atoms with van der Waals surface area (Å²) < 4.78 is 1.28. The van der Waals surface area contributed by atoms with Crippen LogP contribution in [0.4, 0.5) is 0 Å². The van der Waals surface area contributed by atoms with Gasteiger partial charge >= 0.3 is 0 Å². The second kappa shape index (κ2) is 15.8. The monoisotopic (exact) mass is 824 g/mol. The summed E-state index contributed by atoms with van der Waals surface area (Å²) in [5.74, 6) is 0.547. The van der Waals surface area contributed by atoms with E-state index in [2.05, 4.69) is 69.3 Å². The van der Waals surface area contributed by atoms with E-state index in [0.29, 0.717) is 0 Å². The number of nitrogens with zero attached hydrogens (tertiary/aromatic N) is 2. The topological polar surface area (TPSA) is 63.1 Å². The van der Waals surface area contributed by atoms with Gasteiger partial charge in [0.2, 0.25) is 0 Å². The summed E-state index contributed by atoms with van der Waals surface area (Å²) in [5.41, 5.74) is 7.19. The van der Waals surface area contributed by atoms with E-state index >= 15 is 0 Å². The van der Waals surface area contributed by atoms with Gasteiger partial charge in [0, 0.05) is 71.2 Å². The smallest absolute Gasteiger partial charge is 0.162 e. The molecule has 0 saturated carbocycles. The van der Waals surface area contributed by atoms with E-state index in [-0.39, 0.29) is 48.9 Å². The van der Waals surface area contributed by atoms with Crippen LogP contribution in [0.3, 0.4) is 0 Å². The van der Waals surface area contributed by atoms with Crippen molar-refractivity contribution in [2.24, 2.45) is 11.8 Å². The van der Waals surface area contributed by atoms with E-state index in [1.54, 1.807) is 0 Å². The van der Waals surface area contributed by atoms with Gasteiger partial charge in [0.05, 0.1) is 11.5 Å². The summed E-state index contributed by atoms with van der Waals surface area (Å²) in [7, 11) is 0. The minimum atomic E-state index is 0. The van der Waals surface area contributed by atoms with Crippen molar-refractivity contribution in [2.75, 3.05) is 0 Å². The number of thiophene rings is 1. The van der Waals surface area contributed by atoms with Gasteiger partial charge < -0.3 is 5.11 Å². The molecule has 4 nitrogen and oxygen atoms in total. The second-order valence-corrected chi connectivity index (χ2v) is 14.5. The molecule has 5 aromatic rings. The molecule has 0 fully saturated rings. The molecule has 0 spiro atoms. The Balaban J connectivity index is 0.000000269. The van der Waals surface area contributed by atoms with E-state index in [1.165, 1.54) is 43.1 Å². The summed E-state index contributed by atoms with van der Waals surface area (Å²) >= 11 is 1.89. The minimum Gasteiger partial charge on any atom is -0.512 e. The Hall–Kier alpha value is -3.18. The average molecular weight is 824 g/mol. The molecule has 6 heteroatoms. The predicted octanol–water partition coefficient (Wildman–Crippen LogP) is 11.2. The fourth-order valence-corrected chi connectivity index (χ4v) is 7.80. The van der Waals surface area contributed by atoms with Crippen LogP contribution in [0, 0.1) is 17.9 Å².